The summed E-state index contributed by atoms with van der Waals surface area (Å²) in [4.78, 5) is 272. The molecule has 16 atom stereocenters. The smallest absolute Gasteiger partial charge is 0.247 e. The lowest BCUT2D eigenvalue weighted by Gasteiger charge is -2.36. The van der Waals surface area contributed by atoms with E-state index >= 15 is 52.7 Å². The maximum Gasteiger partial charge on any atom is 0.247 e. The third-order valence-corrected chi connectivity index (χ3v) is 27.2. The van der Waals surface area contributed by atoms with Crippen LogP contribution >= 0.6 is 11.8 Å². The van der Waals surface area contributed by atoms with Crippen molar-refractivity contribution in [3.05, 3.63) is 126 Å². The van der Waals surface area contributed by atoms with Gasteiger partial charge in [0, 0.05) is 124 Å². The van der Waals surface area contributed by atoms with E-state index in [4.69, 9.17) is 22.6 Å². The quantitative estimate of drug-likeness (QED) is 0.0185. The zero-order valence-electron chi connectivity index (χ0n) is 81.1. The molecule has 23 N–H and O–H groups in total. The normalized spacial score (nSPS) is 25.8. The summed E-state index contributed by atoms with van der Waals surface area (Å²) in [5.41, 5.74) is 18.8. The number of benzene rings is 3. The van der Waals surface area contributed by atoms with Crippen molar-refractivity contribution in [3.63, 3.8) is 0 Å². The average molecular weight is 1960 g/mol. The van der Waals surface area contributed by atoms with Gasteiger partial charge in [0.15, 0.2) is 5.96 Å². The second-order valence-corrected chi connectivity index (χ2v) is 39.1. The van der Waals surface area contributed by atoms with Crippen LogP contribution in [0.3, 0.4) is 0 Å². The number of guanidine groups is 1. The zero-order valence-corrected chi connectivity index (χ0v) is 81.9. The number of nitrogens with two attached hydrogens (primary N) is 3. The van der Waals surface area contributed by atoms with Crippen molar-refractivity contribution in [2.75, 3.05) is 65.4 Å². The molecule has 140 heavy (non-hydrogen) atoms. The number of carbonyl (C=O) groups excluding carboxylic acids is 17. The lowest BCUT2D eigenvalue weighted by molar-refractivity contribution is -0.149. The Kier molecular flexibility index (Phi) is 38.3. The van der Waals surface area contributed by atoms with E-state index in [9.17, 15) is 39.0 Å². The minimum atomic E-state index is -1.98. The summed E-state index contributed by atoms with van der Waals surface area (Å²) in [7, 11) is 3.98. The van der Waals surface area contributed by atoms with Crippen molar-refractivity contribution in [2.24, 2.45) is 23.1 Å². The summed E-state index contributed by atoms with van der Waals surface area (Å²) in [5.74, 6) is -18.3. The minimum absolute atomic E-state index is 0.00493. The Balaban J connectivity index is 1.03. The molecular formula is C96H136N24O19S. The number of nitrogens with one attached hydrogen (secondary N) is 15. The Morgan fingerprint density at radius 3 is 1.84 bits per heavy atom. The van der Waals surface area contributed by atoms with Gasteiger partial charge in [0.05, 0.1) is 37.8 Å². The number of nitrogens with zero attached hydrogens (tertiary/aromatic N) is 6. The van der Waals surface area contributed by atoms with Gasteiger partial charge < -0.3 is 125 Å². The zero-order chi connectivity index (χ0) is 102. The third kappa shape index (κ3) is 28.2. The fourth-order valence-electron chi connectivity index (χ4n) is 18.1. The fraction of sp³-hybridized carbons (Fsp3) is 0.552. The van der Waals surface area contributed by atoms with E-state index in [1.54, 1.807) is 86.9 Å². The van der Waals surface area contributed by atoms with Gasteiger partial charge in [-0.2, -0.15) is 0 Å². The first-order chi connectivity index (χ1) is 66.5. The SMILES string of the molecule is CCCC[C@H]1C(=O)N(C)[C@@H](CCCC)C(=O)N[C@@H](CCCNC(=N)N)C(=O)N[C@H](C(=O)NCC(N)=O)CSCC(=O)N[C@@H](Cc2ccc(C(C)(C)C)cc2)C(=O)N(C)[C@@H](C)C(=O)N[C@@H](CC(N)=O)C(=O)N2CCC[C@H]2C(=O)N[C@@H](Cc2cnc[nH]2)C(=O)N[C@@H](CC(C)C)C(=O)N2C[C@H](O)CC2C(=O)NC2(C[C@H]2c2c[nH]c3ccccc23)C(=O)N[C@@H](CO)C(=O)N[C@@H](Cc2c[nH]c3ccccc23)C(=O)N1C. The van der Waals surface area contributed by atoms with Crippen LogP contribution in [0.15, 0.2) is 97.7 Å². The van der Waals surface area contributed by atoms with E-state index in [1.807, 2.05) is 46.8 Å². The molecule has 43 nitrogen and oxygen atoms in total. The van der Waals surface area contributed by atoms with Crippen molar-refractivity contribution in [1.82, 2.24) is 103 Å². The first-order valence-corrected chi connectivity index (χ1v) is 48.8. The number of amides is 17. The lowest BCUT2D eigenvalue weighted by Crippen LogP contribution is -2.62. The number of unbranched alkanes of at least 4 members (excludes halogenated alkanes) is 2. The van der Waals surface area contributed by atoms with Gasteiger partial charge in [-0.3, -0.25) is 86.9 Å². The van der Waals surface area contributed by atoms with Crippen LogP contribution in [-0.4, -0.2) is 317 Å². The molecule has 0 bridgehead atoms. The highest BCUT2D eigenvalue weighted by Crippen LogP contribution is 2.54. The molecule has 0 radical (unpaired) electrons. The van der Waals surface area contributed by atoms with E-state index in [2.05, 4.69) is 78.4 Å². The maximum atomic E-state index is 15.9. The predicted molar refractivity (Wildman–Crippen MR) is 519 cm³/mol. The number of aromatic nitrogens is 4. The van der Waals surface area contributed by atoms with Crippen LogP contribution < -0.4 is 75.7 Å². The Morgan fingerprint density at radius 1 is 0.600 bits per heavy atom. The van der Waals surface area contributed by atoms with Gasteiger partial charge in [0.2, 0.25) is 100 Å². The van der Waals surface area contributed by atoms with Gasteiger partial charge in [0.1, 0.15) is 84.1 Å². The second-order valence-electron chi connectivity index (χ2n) is 38.1. The molecule has 17 amide bonds. The molecule has 6 aromatic rings. The van der Waals surface area contributed by atoms with Crippen LogP contribution in [0.1, 0.15) is 179 Å². The Bertz CT molecular complexity index is 5470. The van der Waals surface area contributed by atoms with Crippen molar-refractivity contribution in [3.8, 4) is 0 Å². The summed E-state index contributed by atoms with van der Waals surface area (Å²) in [5, 5.41) is 61.8. The summed E-state index contributed by atoms with van der Waals surface area (Å²) in [6, 6.07) is 1.39. The topological polar surface area (TPSA) is 641 Å². The number of imidazole rings is 1. The van der Waals surface area contributed by atoms with Crippen LogP contribution in [-0.2, 0) is 106 Å². The summed E-state index contributed by atoms with van der Waals surface area (Å²) in [6.45, 7) is 12.1. The van der Waals surface area contributed by atoms with Gasteiger partial charge >= 0.3 is 0 Å². The van der Waals surface area contributed by atoms with E-state index in [-0.39, 0.29) is 101 Å². The Morgan fingerprint density at radius 2 is 1.20 bits per heavy atom. The maximum absolute atomic E-state index is 15.9. The number of likely N-dealkylation sites (N-methyl/N-ethyl adjacent to an activating group) is 3. The molecule has 3 aliphatic heterocycles. The van der Waals surface area contributed by atoms with Gasteiger partial charge in [0.25, 0.3) is 0 Å². The number of rotatable bonds is 25. The van der Waals surface area contributed by atoms with Gasteiger partial charge in [-0.1, -0.05) is 135 Å². The number of primary amides is 2. The molecule has 1 aliphatic carbocycles. The van der Waals surface area contributed by atoms with Crippen molar-refractivity contribution in [1.29, 1.82) is 5.41 Å². The molecule has 1 spiro atoms. The van der Waals surface area contributed by atoms with Crippen molar-refractivity contribution >= 4 is 140 Å². The van der Waals surface area contributed by atoms with E-state index in [0.717, 1.165) is 41.8 Å². The first-order valence-electron chi connectivity index (χ1n) is 47.6. The molecule has 4 fully saturated rings. The number of fused-ring (bicyclic) bond motifs is 4. The summed E-state index contributed by atoms with van der Waals surface area (Å²) >= 11 is 0.797. The number of carbonyl (C=O) groups is 17. The summed E-state index contributed by atoms with van der Waals surface area (Å²) in [6.07, 6.45) is 4.17. The Labute approximate surface area is 816 Å². The first kappa shape index (κ1) is 108. The molecule has 3 aromatic heterocycles. The van der Waals surface area contributed by atoms with Crippen molar-refractivity contribution in [2.45, 2.75) is 266 Å². The molecule has 10 rings (SSSR count). The van der Waals surface area contributed by atoms with Gasteiger partial charge in [-0.25, -0.2) is 4.98 Å². The second kappa shape index (κ2) is 49.4. The van der Waals surface area contributed by atoms with Crippen LogP contribution in [0.25, 0.3) is 21.8 Å². The highest BCUT2D eigenvalue weighted by molar-refractivity contribution is 8.00. The number of aromatic amines is 3. The molecule has 44 heteroatoms. The van der Waals surface area contributed by atoms with Gasteiger partial charge in [-0.15, -0.1) is 11.8 Å². The minimum Gasteiger partial charge on any atom is -0.394 e. The Hall–Kier alpha value is -13.5. The van der Waals surface area contributed by atoms with Gasteiger partial charge in [-0.05, 0) is 104 Å². The molecule has 1 saturated carbocycles. The standard InChI is InChI=1S/C96H136N24O19S/c1-12-14-27-73-85(131)108-65(26-20-34-102-94(99)100)82(128)113-72(81(127)105-46-78(98)124)49-140-50-79(125)107-68(37-54-30-32-56(33-31-54)95(6,7)8)88(134)116(9)53(5)80(126)110-70(41-77(97)123)90(136)119-35-21-29-74(119)86(132)109-66(39-57-44-101-51-106-57)83(129)111-67(36-52(3)4)91(137)120-47-58(122)40-76(120)87(133)115-96(42-62(96)61-45-104-64-25-19-17-23-60(61)64)93(139)114-71(48-121)84(130)112-69(38-55-43-103-63-24-18-16-22-59(55)63)89(135)118(11)75(28-15-13-2)92(138)117(73)10/h16-19,22-25,30-33,43-45,51-53,58,62,65-76,103-104,121-122H,12-15,20-21,26-29,34-42,46-50H2,1-11H3,(H2,97,123)(H2,98,124)(H,101,106)(H,105,127)(H,107,125)(H,108,131)(H,109,132)(H,110,126)(H,111,129)(H,112,130)(H,113,128)(H,114,139)(H,115,133)(H4,99,100,102)/t53-,58+,62-,65-,66-,67-,68-,69-,70-,71-,72-,73-,74-,75-,76?,96?/m0/s1. The lowest BCUT2D eigenvalue weighted by atomic mass is 9.86. The number of aliphatic hydroxyl groups is 2. The van der Waals surface area contributed by atoms with E-state index in [0.29, 0.717) is 69.9 Å². The number of H-pyrrole nitrogens is 3. The van der Waals surface area contributed by atoms with Crippen LogP contribution in [0.2, 0.25) is 0 Å². The highest BCUT2D eigenvalue weighted by atomic mass is 32.2. The fourth-order valence-corrected chi connectivity index (χ4v) is 18.9. The van der Waals surface area contributed by atoms with Crippen molar-refractivity contribution < 1.29 is 91.7 Å². The molecule has 4 aliphatic rings. The molecule has 3 saturated heterocycles. The van der Waals surface area contributed by atoms with E-state index < -0.39 is 240 Å². The third-order valence-electron chi connectivity index (χ3n) is 26.2. The molecule has 2 unspecified atom stereocenters. The largest absolute Gasteiger partial charge is 0.394 e. The molecule has 6 heterocycles. The highest BCUT2D eigenvalue weighted by Gasteiger charge is 2.64. The number of thioether (sulfide) groups is 1. The van der Waals surface area contributed by atoms with Crippen LogP contribution in [0.4, 0.5) is 0 Å². The van der Waals surface area contributed by atoms with E-state index in [1.165, 1.54) is 40.6 Å². The number of hydrogen-bond donors (Lipinski definition) is 20. The molecular weight excluding hydrogens is 1830 g/mol. The average Bonchev–Trinajstić information content (AvgIpc) is 1.55. The summed E-state index contributed by atoms with van der Waals surface area (Å²) < 4.78 is 0. The van der Waals surface area contributed by atoms with Crippen LogP contribution in [0, 0.1) is 11.3 Å². The monoisotopic (exact) mass is 1960 g/mol. The number of para-hydroxylation sites is 2. The molecule has 760 valence electrons. The predicted octanol–water partition coefficient (Wildman–Crippen LogP) is -1.02. The number of aliphatic hydroxyl groups excluding tert-OH is 2. The number of hydrogen-bond acceptors (Lipinski definition) is 22. The molecule has 3 aromatic carbocycles. The van der Waals surface area contributed by atoms with Crippen LogP contribution in [0.5, 0.6) is 0 Å².